The van der Waals surface area contributed by atoms with Crippen molar-refractivity contribution in [2.24, 2.45) is 0 Å². The Morgan fingerprint density at radius 3 is 1.09 bits per heavy atom. The van der Waals surface area contributed by atoms with Crippen LogP contribution in [0.15, 0.2) is 0 Å². The third-order valence-corrected chi connectivity index (χ3v) is 0.183. The molecule has 0 amide bonds. The molecule has 11 heavy (non-hydrogen) atoms. The second-order valence-electron chi connectivity index (χ2n) is 1.95. The highest BCUT2D eigenvalue weighted by atomic mass is 16.4. The van der Waals surface area contributed by atoms with Gasteiger partial charge in [0.1, 0.15) is 0 Å². The van der Waals surface area contributed by atoms with Crippen molar-refractivity contribution < 1.29 is 19.8 Å². The van der Waals surface area contributed by atoms with Crippen molar-refractivity contribution in [2.45, 2.75) is 0 Å². The number of hydrogen-bond acceptors (Lipinski definition) is 4. The Kier molecular flexibility index (Phi) is 13.2. The molecule has 0 atom stereocenters. The normalized spacial score (nSPS) is 7.27. The van der Waals surface area contributed by atoms with Gasteiger partial charge in [0.25, 0.3) is 0 Å². The minimum Gasteiger partial charge on any atom is -0.473 e. The molecule has 0 aliphatic heterocycles. The summed E-state index contributed by atoms with van der Waals surface area (Å²) >= 11 is 0. The summed E-state index contributed by atoms with van der Waals surface area (Å²) in [6, 6.07) is 0. The molecule has 6 heteroatoms. The number of hydrogen-bond donors (Lipinski definition) is 3. The van der Waals surface area contributed by atoms with Gasteiger partial charge in [0, 0.05) is 0 Å². The molecule has 0 aliphatic carbocycles. The summed E-state index contributed by atoms with van der Waals surface area (Å²) in [6.45, 7) is 0. The molecule has 0 radical (unpaired) electrons. The van der Waals surface area contributed by atoms with Gasteiger partial charge in [0.05, 0.1) is 0 Å². The van der Waals surface area contributed by atoms with E-state index in [-0.39, 0.29) is 6.15 Å². The first-order valence-electron chi connectivity index (χ1n) is 2.45. The molecule has 6 nitrogen and oxygen atoms in total. The molecule has 0 aromatic rings. The van der Waals surface area contributed by atoms with E-state index in [0.29, 0.717) is 0 Å². The summed E-state index contributed by atoms with van der Waals surface area (Å²) < 4.78 is 0. The lowest BCUT2D eigenvalue weighted by atomic mass is 10.7. The largest absolute Gasteiger partial charge is 0.473 e. The number of carboxylic acid groups (broad SMARTS) is 2. The Labute approximate surface area is 65.0 Å². The van der Waals surface area contributed by atoms with Crippen molar-refractivity contribution in [3.05, 3.63) is 0 Å². The van der Waals surface area contributed by atoms with E-state index in [0.717, 1.165) is 0 Å². The molecule has 5 N–H and O–H groups in total. The molecule has 68 valence electrons. The second kappa shape index (κ2) is 8.86. The predicted molar refractivity (Wildman–Crippen MR) is 39.9 cm³/mol. The van der Waals surface area contributed by atoms with Crippen LogP contribution in [0.3, 0.4) is 0 Å². The van der Waals surface area contributed by atoms with Crippen LogP contribution in [0.1, 0.15) is 0 Å². The first-order valence-corrected chi connectivity index (χ1v) is 2.45. The zero-order valence-corrected chi connectivity index (χ0v) is 6.87. The molecule has 0 aromatic heterocycles. The molecule has 0 heterocycles. The van der Waals surface area contributed by atoms with Gasteiger partial charge in [-0.1, -0.05) is 0 Å². The summed E-state index contributed by atoms with van der Waals surface area (Å²) in [5, 5.41) is 14.8. The van der Waals surface area contributed by atoms with Gasteiger partial charge in [-0.3, -0.25) is 0 Å². The Bertz CT molecular complexity index is 109. The zero-order chi connectivity index (χ0) is 8.73. The van der Waals surface area contributed by atoms with Crippen LogP contribution in [0.25, 0.3) is 0 Å². The number of carbonyl (C=O) groups is 2. The Morgan fingerprint density at radius 1 is 1.00 bits per heavy atom. The van der Waals surface area contributed by atoms with Crippen molar-refractivity contribution in [3.8, 4) is 0 Å². The summed E-state index contributed by atoms with van der Waals surface area (Å²) in [4.78, 5) is 20.2. The van der Waals surface area contributed by atoms with Crippen molar-refractivity contribution >= 4 is 11.9 Å². The molecule has 0 spiro atoms. The highest BCUT2D eigenvalue weighted by Gasteiger charge is 2.04. The average molecular weight is 166 g/mol. The fraction of sp³-hybridized carbons (Fsp3) is 0.600. The van der Waals surface area contributed by atoms with Crippen LogP contribution in [0.4, 0.5) is 0 Å². The quantitative estimate of drug-likeness (QED) is 0.418. The van der Waals surface area contributed by atoms with E-state index < -0.39 is 11.9 Å². The van der Waals surface area contributed by atoms with Crippen LogP contribution in [-0.4, -0.2) is 48.2 Å². The average Bonchev–Trinajstić information content (AvgIpc) is 1.63. The van der Waals surface area contributed by atoms with Gasteiger partial charge in [-0.25, -0.2) is 9.59 Å². The van der Waals surface area contributed by atoms with Gasteiger partial charge in [0.15, 0.2) is 0 Å². The lowest BCUT2D eigenvalue weighted by Gasteiger charge is -1.90. The van der Waals surface area contributed by atoms with Crippen molar-refractivity contribution in [3.63, 3.8) is 0 Å². The maximum atomic E-state index is 9.10. The van der Waals surface area contributed by atoms with Crippen molar-refractivity contribution in [2.75, 3.05) is 21.1 Å². The van der Waals surface area contributed by atoms with Crippen molar-refractivity contribution in [1.29, 1.82) is 0 Å². The van der Waals surface area contributed by atoms with Gasteiger partial charge in [-0.15, -0.1) is 0 Å². The molecule has 0 aliphatic rings. The number of rotatable bonds is 0. The molecule has 0 fully saturated rings. The van der Waals surface area contributed by atoms with E-state index in [1.807, 2.05) is 26.0 Å². The van der Waals surface area contributed by atoms with E-state index in [1.165, 1.54) is 0 Å². The highest BCUT2D eigenvalue weighted by Crippen LogP contribution is 1.56. The van der Waals surface area contributed by atoms with Crippen LogP contribution >= 0.6 is 0 Å². The number of carboxylic acids is 2. The summed E-state index contributed by atoms with van der Waals surface area (Å²) in [5.41, 5.74) is 0. The lowest BCUT2D eigenvalue weighted by Crippen LogP contribution is -2.09. The van der Waals surface area contributed by atoms with Gasteiger partial charge >= 0.3 is 11.9 Å². The molecule has 0 aromatic carbocycles. The Hall–Kier alpha value is -1.14. The first-order chi connectivity index (χ1) is 4.37. The van der Waals surface area contributed by atoms with Gasteiger partial charge in [-0.2, -0.15) is 0 Å². The fourth-order valence-electron chi connectivity index (χ4n) is 0. The summed E-state index contributed by atoms with van der Waals surface area (Å²) in [7, 11) is 6.00. The molecule has 0 unspecified atom stereocenters. The number of aliphatic carboxylic acids is 2. The van der Waals surface area contributed by atoms with Crippen LogP contribution in [-0.2, 0) is 9.59 Å². The minimum absolute atomic E-state index is 0. The Balaban J connectivity index is -0.000000114. The minimum atomic E-state index is -1.82. The van der Waals surface area contributed by atoms with Gasteiger partial charge in [0.2, 0.25) is 0 Å². The summed E-state index contributed by atoms with van der Waals surface area (Å²) in [6.07, 6.45) is 0. The van der Waals surface area contributed by atoms with Crippen LogP contribution in [0, 0.1) is 0 Å². The van der Waals surface area contributed by atoms with Gasteiger partial charge in [-0.05, 0) is 21.1 Å². The fourth-order valence-corrected chi connectivity index (χ4v) is 0. The SMILES string of the molecule is CN(C)C.N.O=C(O)C(=O)O. The monoisotopic (exact) mass is 166 g/mol. The molecular weight excluding hydrogens is 152 g/mol. The Morgan fingerprint density at radius 2 is 1.09 bits per heavy atom. The van der Waals surface area contributed by atoms with Crippen LogP contribution < -0.4 is 6.15 Å². The third kappa shape index (κ3) is 51.0. The zero-order valence-electron chi connectivity index (χ0n) is 6.87. The maximum Gasteiger partial charge on any atom is 0.414 e. The molecule has 0 saturated heterocycles. The van der Waals surface area contributed by atoms with E-state index in [2.05, 4.69) is 0 Å². The smallest absolute Gasteiger partial charge is 0.414 e. The predicted octanol–water partition coefficient (Wildman–Crippen LogP) is -0.505. The molecule has 0 rings (SSSR count). The topological polar surface area (TPSA) is 113 Å². The van der Waals surface area contributed by atoms with E-state index in [4.69, 9.17) is 19.8 Å². The third-order valence-electron chi connectivity index (χ3n) is 0.183. The summed E-state index contributed by atoms with van der Waals surface area (Å²) in [5.74, 6) is -3.65. The molecular formula is C5H14N2O4. The maximum absolute atomic E-state index is 9.10. The van der Waals surface area contributed by atoms with Crippen LogP contribution in [0.2, 0.25) is 0 Å². The van der Waals surface area contributed by atoms with Crippen molar-refractivity contribution in [1.82, 2.24) is 11.1 Å². The molecule has 0 saturated carbocycles. The standard InChI is InChI=1S/C3H9N.C2H2O4.H3N/c1-4(2)3;3-1(4)2(5)6;/h1-3H3;(H,3,4)(H,5,6);1H3. The number of nitrogens with zero attached hydrogens (tertiary/aromatic N) is 1. The van der Waals surface area contributed by atoms with Crippen LogP contribution in [0.5, 0.6) is 0 Å². The van der Waals surface area contributed by atoms with E-state index in [9.17, 15) is 0 Å². The first kappa shape index (κ1) is 16.4. The second-order valence-corrected chi connectivity index (χ2v) is 1.95. The lowest BCUT2D eigenvalue weighted by molar-refractivity contribution is -0.159. The highest BCUT2D eigenvalue weighted by molar-refractivity contribution is 6.27. The van der Waals surface area contributed by atoms with Gasteiger partial charge < -0.3 is 21.3 Å². The molecule has 0 bridgehead atoms. The van der Waals surface area contributed by atoms with E-state index >= 15 is 0 Å². The van der Waals surface area contributed by atoms with E-state index in [1.54, 1.807) is 0 Å².